The van der Waals surface area contributed by atoms with Gasteiger partial charge in [0.1, 0.15) is 0 Å². The van der Waals surface area contributed by atoms with Crippen LogP contribution in [-0.4, -0.2) is 26.4 Å². The maximum atomic E-state index is 11.7. The van der Waals surface area contributed by atoms with E-state index in [0.29, 0.717) is 5.57 Å². The van der Waals surface area contributed by atoms with Gasteiger partial charge in [-0.1, -0.05) is 49.1 Å². The molecule has 0 saturated carbocycles. The van der Waals surface area contributed by atoms with Crippen molar-refractivity contribution in [3.8, 4) is 0 Å². The van der Waals surface area contributed by atoms with E-state index < -0.39 is 22.2 Å². The van der Waals surface area contributed by atoms with Crippen LogP contribution in [0.5, 0.6) is 0 Å². The number of hydrogen-bond acceptors (Lipinski definition) is 4. The molecule has 5 heteroatoms. The minimum atomic E-state index is -2.39. The largest absolute Gasteiger partial charge is 0.465 e. The van der Waals surface area contributed by atoms with E-state index in [4.69, 9.17) is 0 Å². The van der Waals surface area contributed by atoms with Crippen molar-refractivity contribution in [3.63, 3.8) is 0 Å². The molecule has 0 heterocycles. The summed E-state index contributed by atoms with van der Waals surface area (Å²) in [6, 6.07) is 9.10. The summed E-state index contributed by atoms with van der Waals surface area (Å²) >= 11 is 0. The fourth-order valence-corrected chi connectivity index (χ4v) is 2.89. The number of ether oxygens (including phenoxy) is 1. The van der Waals surface area contributed by atoms with Crippen molar-refractivity contribution in [3.05, 3.63) is 71.8 Å². The minimum Gasteiger partial charge on any atom is -0.465 e. The van der Waals surface area contributed by atoms with Crippen molar-refractivity contribution in [2.24, 2.45) is 0 Å². The van der Waals surface area contributed by atoms with Gasteiger partial charge in [0.2, 0.25) is 10.3 Å². The van der Waals surface area contributed by atoms with E-state index >= 15 is 0 Å². The Morgan fingerprint density at radius 1 is 1.24 bits per heavy atom. The first kappa shape index (κ1) is 15.0. The van der Waals surface area contributed by atoms with E-state index in [2.05, 4.69) is 11.3 Å². The van der Waals surface area contributed by atoms with Crippen LogP contribution >= 0.6 is 0 Å². The third-order valence-corrected chi connectivity index (χ3v) is 3.99. The zero-order valence-corrected chi connectivity index (χ0v) is 12.3. The fraction of sp³-hybridized carbons (Fsp3) is 0.125. The van der Waals surface area contributed by atoms with Gasteiger partial charge in [-0.05, 0) is 17.2 Å². The summed E-state index contributed by atoms with van der Waals surface area (Å²) < 4.78 is 27.6. The van der Waals surface area contributed by atoms with E-state index in [1.54, 1.807) is 12.2 Å². The molecule has 1 aliphatic carbocycles. The van der Waals surface area contributed by atoms with Crippen LogP contribution in [0.3, 0.4) is 0 Å². The Kier molecular flexibility index (Phi) is 4.55. The number of rotatable bonds is 3. The van der Waals surface area contributed by atoms with Crippen molar-refractivity contribution in [2.75, 3.05) is 7.11 Å². The zero-order chi connectivity index (χ0) is 15.4. The Bertz CT molecular complexity index is 760. The van der Waals surface area contributed by atoms with Gasteiger partial charge in [-0.25, -0.2) is 4.79 Å². The standard InChI is InChI=1S/C16H14O4S/c1-11(16(17)20-2)13-9-6-10-14(21(18)19)15(13)12-7-4-3-5-8-12/h3-10,15H,1H2,2H3. The summed E-state index contributed by atoms with van der Waals surface area (Å²) in [6.07, 6.45) is 4.80. The van der Waals surface area contributed by atoms with Crippen molar-refractivity contribution >= 4 is 21.1 Å². The lowest BCUT2D eigenvalue weighted by Gasteiger charge is -2.23. The highest BCUT2D eigenvalue weighted by atomic mass is 32.2. The molecule has 1 aliphatic rings. The van der Waals surface area contributed by atoms with Gasteiger partial charge in [0.15, 0.2) is 0 Å². The topological polar surface area (TPSA) is 60.4 Å². The monoisotopic (exact) mass is 302 g/mol. The van der Waals surface area contributed by atoms with Gasteiger partial charge in [0.05, 0.1) is 17.5 Å². The Balaban J connectivity index is 2.60. The molecular weight excluding hydrogens is 288 g/mol. The normalized spacial score (nSPS) is 17.1. The van der Waals surface area contributed by atoms with E-state index in [1.807, 2.05) is 30.3 Å². The maximum absolute atomic E-state index is 11.7. The van der Waals surface area contributed by atoms with Crippen LogP contribution in [0.25, 0.3) is 0 Å². The predicted octanol–water partition coefficient (Wildman–Crippen LogP) is 2.05. The molecule has 0 bridgehead atoms. The molecule has 0 saturated heterocycles. The number of carbonyl (C=O) groups excluding carboxylic acids is 1. The summed E-state index contributed by atoms with van der Waals surface area (Å²) in [5.74, 6) is -1.13. The summed E-state index contributed by atoms with van der Waals surface area (Å²) in [5, 5.41) is 0. The van der Waals surface area contributed by atoms with Crippen LogP contribution in [-0.2, 0) is 19.8 Å². The zero-order valence-electron chi connectivity index (χ0n) is 11.4. The Labute approximate surface area is 124 Å². The van der Waals surface area contributed by atoms with Crippen LogP contribution in [0.4, 0.5) is 0 Å². The third kappa shape index (κ3) is 3.03. The van der Waals surface area contributed by atoms with Gasteiger partial charge in [-0.2, -0.15) is 8.42 Å². The molecule has 0 amide bonds. The van der Waals surface area contributed by atoms with Gasteiger partial charge >= 0.3 is 5.97 Å². The molecule has 1 aromatic rings. The second-order valence-corrected chi connectivity index (χ2v) is 5.37. The second kappa shape index (κ2) is 6.37. The van der Waals surface area contributed by atoms with Crippen LogP contribution in [0.15, 0.2) is 66.3 Å². The fourth-order valence-electron chi connectivity index (χ4n) is 2.25. The molecule has 1 unspecified atom stereocenters. The number of benzene rings is 1. The van der Waals surface area contributed by atoms with Gasteiger partial charge in [0.25, 0.3) is 0 Å². The van der Waals surface area contributed by atoms with E-state index in [0.717, 1.165) is 5.56 Å². The first-order valence-corrected chi connectivity index (χ1v) is 7.30. The van der Waals surface area contributed by atoms with Crippen molar-refractivity contribution in [1.82, 2.24) is 0 Å². The quantitative estimate of drug-likeness (QED) is 0.487. The third-order valence-electron chi connectivity index (χ3n) is 3.24. The van der Waals surface area contributed by atoms with Crippen LogP contribution in [0.1, 0.15) is 11.5 Å². The number of hydrogen-bond donors (Lipinski definition) is 0. The smallest absolute Gasteiger partial charge is 0.337 e. The van der Waals surface area contributed by atoms with Crippen LogP contribution < -0.4 is 0 Å². The molecule has 108 valence electrons. The van der Waals surface area contributed by atoms with Gasteiger partial charge in [0, 0.05) is 5.92 Å². The average Bonchev–Trinajstić information content (AvgIpc) is 2.53. The average molecular weight is 302 g/mol. The molecule has 0 radical (unpaired) electrons. The number of esters is 1. The molecule has 4 nitrogen and oxygen atoms in total. The lowest BCUT2D eigenvalue weighted by Crippen LogP contribution is -2.20. The van der Waals surface area contributed by atoms with Crippen molar-refractivity contribution in [2.45, 2.75) is 5.92 Å². The van der Waals surface area contributed by atoms with Gasteiger partial charge in [-0.3, -0.25) is 0 Å². The molecule has 0 N–H and O–H groups in total. The summed E-state index contributed by atoms with van der Waals surface area (Å²) in [4.78, 5) is 11.9. The molecule has 0 aliphatic heterocycles. The molecule has 1 atom stereocenters. The molecule has 0 aromatic heterocycles. The highest BCUT2D eigenvalue weighted by Gasteiger charge is 2.28. The SMILES string of the molecule is C=C(C(=O)OC)C1=CC=CC(=S(=O)=O)C1c1ccccc1. The number of allylic oxidation sites excluding steroid dienone is 3. The predicted molar refractivity (Wildman–Crippen MR) is 81.5 cm³/mol. The van der Waals surface area contributed by atoms with Crippen LogP contribution in [0.2, 0.25) is 0 Å². The minimum absolute atomic E-state index is 0.152. The molecule has 2 rings (SSSR count). The number of methoxy groups -OCH3 is 1. The molecular formula is C16H14O4S. The highest BCUT2D eigenvalue weighted by molar-refractivity contribution is 7.73. The van der Waals surface area contributed by atoms with Crippen LogP contribution in [0, 0.1) is 0 Å². The maximum Gasteiger partial charge on any atom is 0.337 e. The molecule has 21 heavy (non-hydrogen) atoms. The van der Waals surface area contributed by atoms with E-state index in [1.165, 1.54) is 13.2 Å². The number of carbonyl (C=O) groups is 1. The Morgan fingerprint density at radius 2 is 1.90 bits per heavy atom. The highest BCUT2D eigenvalue weighted by Crippen LogP contribution is 2.33. The van der Waals surface area contributed by atoms with E-state index in [-0.39, 0.29) is 10.4 Å². The summed E-state index contributed by atoms with van der Waals surface area (Å²) in [6.45, 7) is 3.73. The summed E-state index contributed by atoms with van der Waals surface area (Å²) in [7, 11) is -1.12. The molecule has 0 spiro atoms. The Morgan fingerprint density at radius 3 is 2.48 bits per heavy atom. The van der Waals surface area contributed by atoms with Gasteiger partial charge in [-0.15, -0.1) is 0 Å². The molecule has 0 fully saturated rings. The Hall–Kier alpha value is -2.40. The lowest BCUT2D eigenvalue weighted by molar-refractivity contribution is -0.135. The first-order chi connectivity index (χ1) is 10.1. The van der Waals surface area contributed by atoms with Gasteiger partial charge < -0.3 is 4.74 Å². The first-order valence-electron chi connectivity index (χ1n) is 6.23. The van der Waals surface area contributed by atoms with E-state index in [9.17, 15) is 13.2 Å². The lowest BCUT2D eigenvalue weighted by atomic mass is 9.82. The molecule has 1 aromatic carbocycles. The van der Waals surface area contributed by atoms with Crippen molar-refractivity contribution < 1.29 is 17.9 Å². The second-order valence-electron chi connectivity index (χ2n) is 4.43. The van der Waals surface area contributed by atoms with Crippen molar-refractivity contribution in [1.29, 1.82) is 0 Å². The summed E-state index contributed by atoms with van der Waals surface area (Å²) in [5.41, 5.74) is 1.45.